The molecule has 3 rings (SSSR count). The highest BCUT2D eigenvalue weighted by molar-refractivity contribution is 7.09. The van der Waals surface area contributed by atoms with Gasteiger partial charge < -0.3 is 5.32 Å². The van der Waals surface area contributed by atoms with Crippen molar-refractivity contribution >= 4 is 27.9 Å². The molecule has 1 aromatic carbocycles. The second kappa shape index (κ2) is 5.45. The molecule has 2 aromatic heterocycles. The monoisotopic (exact) mass is 297 g/mol. The molecule has 0 aliphatic rings. The van der Waals surface area contributed by atoms with E-state index in [0.29, 0.717) is 0 Å². The van der Waals surface area contributed by atoms with E-state index < -0.39 is 0 Å². The van der Waals surface area contributed by atoms with Crippen LogP contribution in [0.2, 0.25) is 0 Å². The van der Waals surface area contributed by atoms with Gasteiger partial charge >= 0.3 is 0 Å². The molecule has 0 saturated carbocycles. The summed E-state index contributed by atoms with van der Waals surface area (Å²) in [5, 5.41) is 7.90. The summed E-state index contributed by atoms with van der Waals surface area (Å²) in [5.74, 6) is 0. The molecule has 0 saturated heterocycles. The van der Waals surface area contributed by atoms with Crippen LogP contribution in [-0.4, -0.2) is 9.97 Å². The lowest BCUT2D eigenvalue weighted by molar-refractivity contribution is 0.583. The Labute approximate surface area is 129 Å². The van der Waals surface area contributed by atoms with Crippen molar-refractivity contribution < 1.29 is 0 Å². The molecule has 0 spiro atoms. The van der Waals surface area contributed by atoms with E-state index >= 15 is 0 Å². The molecular weight excluding hydrogens is 278 g/mol. The Kier molecular flexibility index (Phi) is 3.64. The van der Waals surface area contributed by atoms with Crippen LogP contribution in [0.5, 0.6) is 0 Å². The predicted octanol–water partition coefficient (Wildman–Crippen LogP) is 4.60. The summed E-state index contributed by atoms with van der Waals surface area (Å²) < 4.78 is 0. The molecule has 0 atom stereocenters. The van der Waals surface area contributed by atoms with E-state index in [-0.39, 0.29) is 5.41 Å². The number of anilines is 1. The van der Waals surface area contributed by atoms with Crippen molar-refractivity contribution in [3.63, 3.8) is 0 Å². The van der Waals surface area contributed by atoms with E-state index in [1.165, 1.54) is 5.01 Å². The SMILES string of the molecule is CC(C)(C)c1nc(CNc2ccc3ncccc3c2)cs1. The van der Waals surface area contributed by atoms with Gasteiger partial charge in [-0.2, -0.15) is 0 Å². The maximum absolute atomic E-state index is 4.70. The van der Waals surface area contributed by atoms with Crippen LogP contribution in [0.1, 0.15) is 31.5 Å². The molecule has 0 fully saturated rings. The first-order valence-electron chi connectivity index (χ1n) is 7.06. The fourth-order valence-corrected chi connectivity index (χ4v) is 3.02. The third-order valence-corrected chi connectivity index (χ3v) is 4.59. The molecule has 3 aromatic rings. The van der Waals surface area contributed by atoms with Crippen molar-refractivity contribution in [3.05, 3.63) is 52.6 Å². The molecule has 0 amide bonds. The van der Waals surface area contributed by atoms with E-state index in [1.54, 1.807) is 11.3 Å². The summed E-state index contributed by atoms with van der Waals surface area (Å²) in [6.45, 7) is 7.33. The van der Waals surface area contributed by atoms with Crippen LogP contribution in [0.4, 0.5) is 5.69 Å². The largest absolute Gasteiger partial charge is 0.379 e. The zero-order valence-electron chi connectivity index (χ0n) is 12.6. The molecule has 2 heterocycles. The molecule has 4 heteroatoms. The number of nitrogens with zero attached hydrogens (tertiary/aromatic N) is 2. The number of nitrogens with one attached hydrogen (secondary N) is 1. The minimum absolute atomic E-state index is 0.123. The summed E-state index contributed by atoms with van der Waals surface area (Å²) >= 11 is 1.73. The summed E-state index contributed by atoms with van der Waals surface area (Å²) in [4.78, 5) is 9.04. The van der Waals surface area contributed by atoms with Gasteiger partial charge in [-0.3, -0.25) is 4.98 Å². The number of hydrogen-bond acceptors (Lipinski definition) is 4. The van der Waals surface area contributed by atoms with Gasteiger partial charge in [0, 0.05) is 28.1 Å². The highest BCUT2D eigenvalue weighted by Gasteiger charge is 2.17. The fourth-order valence-electron chi connectivity index (χ4n) is 2.11. The third kappa shape index (κ3) is 3.22. The third-order valence-electron chi connectivity index (χ3n) is 3.27. The number of aromatic nitrogens is 2. The molecule has 0 aliphatic carbocycles. The number of fused-ring (bicyclic) bond motifs is 1. The van der Waals surface area contributed by atoms with E-state index in [9.17, 15) is 0 Å². The van der Waals surface area contributed by atoms with E-state index in [1.807, 2.05) is 18.3 Å². The van der Waals surface area contributed by atoms with Crippen molar-refractivity contribution in [2.24, 2.45) is 0 Å². The smallest absolute Gasteiger partial charge is 0.0982 e. The van der Waals surface area contributed by atoms with Gasteiger partial charge in [-0.05, 0) is 24.3 Å². The Hall–Kier alpha value is -1.94. The maximum Gasteiger partial charge on any atom is 0.0982 e. The molecule has 108 valence electrons. The van der Waals surface area contributed by atoms with E-state index in [4.69, 9.17) is 4.98 Å². The first-order chi connectivity index (χ1) is 10.0. The molecule has 21 heavy (non-hydrogen) atoms. The Morgan fingerprint density at radius 3 is 2.81 bits per heavy atom. The van der Waals surface area contributed by atoms with Gasteiger partial charge in [-0.1, -0.05) is 26.8 Å². The Balaban J connectivity index is 1.73. The average molecular weight is 297 g/mol. The fraction of sp³-hybridized carbons (Fsp3) is 0.294. The molecule has 0 unspecified atom stereocenters. The van der Waals surface area contributed by atoms with Crippen LogP contribution < -0.4 is 5.32 Å². The number of benzene rings is 1. The number of hydrogen-bond donors (Lipinski definition) is 1. The molecular formula is C17H19N3S. The summed E-state index contributed by atoms with van der Waals surface area (Å²) in [5.41, 5.74) is 3.33. The first-order valence-corrected chi connectivity index (χ1v) is 7.94. The van der Waals surface area contributed by atoms with Crippen molar-refractivity contribution in [2.45, 2.75) is 32.7 Å². The molecule has 0 bridgehead atoms. The number of pyridine rings is 1. The lowest BCUT2D eigenvalue weighted by atomic mass is 9.98. The summed E-state index contributed by atoms with van der Waals surface area (Å²) in [7, 11) is 0. The lowest BCUT2D eigenvalue weighted by Gasteiger charge is -2.13. The van der Waals surface area contributed by atoms with Gasteiger partial charge in [-0.25, -0.2) is 4.98 Å². The standard InChI is InChI=1S/C17H19N3S/c1-17(2,3)16-20-14(11-21-16)10-19-13-6-7-15-12(9-13)5-4-8-18-15/h4-9,11,19H,10H2,1-3H3. The highest BCUT2D eigenvalue weighted by atomic mass is 32.1. The highest BCUT2D eigenvalue weighted by Crippen LogP contribution is 2.26. The topological polar surface area (TPSA) is 37.8 Å². The Morgan fingerprint density at radius 1 is 1.19 bits per heavy atom. The van der Waals surface area contributed by atoms with Gasteiger partial charge in [0.15, 0.2) is 0 Å². The van der Waals surface area contributed by atoms with Gasteiger partial charge in [0.2, 0.25) is 0 Å². The number of rotatable bonds is 3. The van der Waals surface area contributed by atoms with Gasteiger partial charge in [-0.15, -0.1) is 11.3 Å². The minimum atomic E-state index is 0.123. The van der Waals surface area contributed by atoms with Gasteiger partial charge in [0.05, 0.1) is 22.8 Å². The molecule has 3 nitrogen and oxygen atoms in total. The van der Waals surface area contributed by atoms with Crippen molar-refractivity contribution in [2.75, 3.05) is 5.32 Å². The predicted molar refractivity (Wildman–Crippen MR) is 89.9 cm³/mol. The Bertz CT molecular complexity index is 756. The van der Waals surface area contributed by atoms with Crippen molar-refractivity contribution in [1.29, 1.82) is 0 Å². The number of thiazole rings is 1. The quantitative estimate of drug-likeness (QED) is 0.767. The molecule has 0 radical (unpaired) electrons. The van der Waals surface area contributed by atoms with E-state index in [2.05, 4.69) is 54.7 Å². The van der Waals surface area contributed by atoms with Crippen molar-refractivity contribution in [1.82, 2.24) is 9.97 Å². The lowest BCUT2D eigenvalue weighted by Crippen LogP contribution is -2.11. The van der Waals surface area contributed by atoms with Crippen LogP contribution in [0.25, 0.3) is 10.9 Å². The van der Waals surface area contributed by atoms with Crippen LogP contribution in [0, 0.1) is 0 Å². The van der Waals surface area contributed by atoms with Gasteiger partial charge in [0.1, 0.15) is 0 Å². The summed E-state index contributed by atoms with van der Waals surface area (Å²) in [6.07, 6.45) is 1.82. The van der Waals surface area contributed by atoms with Crippen LogP contribution in [0.3, 0.4) is 0 Å². The maximum atomic E-state index is 4.70. The van der Waals surface area contributed by atoms with Gasteiger partial charge in [0.25, 0.3) is 0 Å². The van der Waals surface area contributed by atoms with E-state index in [0.717, 1.165) is 28.8 Å². The molecule has 1 N–H and O–H groups in total. The second-order valence-electron chi connectivity index (χ2n) is 6.16. The Morgan fingerprint density at radius 2 is 2.05 bits per heavy atom. The first kappa shape index (κ1) is 14.0. The zero-order chi connectivity index (χ0) is 14.9. The van der Waals surface area contributed by atoms with Crippen LogP contribution >= 0.6 is 11.3 Å². The molecule has 0 aliphatic heterocycles. The summed E-state index contributed by atoms with van der Waals surface area (Å²) in [6, 6.07) is 10.3. The minimum Gasteiger partial charge on any atom is -0.379 e. The normalized spacial score (nSPS) is 11.8. The average Bonchev–Trinajstić information content (AvgIpc) is 2.94. The van der Waals surface area contributed by atoms with Crippen LogP contribution in [-0.2, 0) is 12.0 Å². The van der Waals surface area contributed by atoms with Crippen LogP contribution in [0.15, 0.2) is 41.9 Å². The van der Waals surface area contributed by atoms with Crippen molar-refractivity contribution in [3.8, 4) is 0 Å². The second-order valence-corrected chi connectivity index (χ2v) is 7.02. The zero-order valence-corrected chi connectivity index (χ0v) is 13.4.